The van der Waals surface area contributed by atoms with Crippen molar-refractivity contribution in [3.05, 3.63) is 47.0 Å². The Balaban J connectivity index is 2.16. The molecule has 1 amide bonds. The Morgan fingerprint density at radius 3 is 2.90 bits per heavy atom. The Bertz CT molecular complexity index is 623. The van der Waals surface area contributed by atoms with E-state index in [0.29, 0.717) is 12.2 Å². The van der Waals surface area contributed by atoms with Crippen LogP contribution in [0.3, 0.4) is 0 Å². The smallest absolute Gasteiger partial charge is 0.217 e. The van der Waals surface area contributed by atoms with Gasteiger partial charge in [0.15, 0.2) is 0 Å². The standard InChI is InChI=1S/C14H17FN4O/c1-9-6-12(15)4-5-14(9)10(2)19-8-13(17-18-19)7-16-11(3)20/h4-6,8,10H,7H2,1-3H3,(H,16,20)/t10-/m0/s1. The molecular formula is C14H17FN4O. The van der Waals surface area contributed by atoms with Crippen LogP contribution in [-0.2, 0) is 11.3 Å². The molecule has 0 fully saturated rings. The first-order chi connectivity index (χ1) is 9.47. The summed E-state index contributed by atoms with van der Waals surface area (Å²) in [5.74, 6) is -0.356. The van der Waals surface area contributed by atoms with Gasteiger partial charge < -0.3 is 5.32 Å². The van der Waals surface area contributed by atoms with Gasteiger partial charge in [-0.15, -0.1) is 5.10 Å². The highest BCUT2D eigenvalue weighted by Gasteiger charge is 2.13. The predicted molar refractivity (Wildman–Crippen MR) is 72.5 cm³/mol. The number of hydrogen-bond donors (Lipinski definition) is 1. The quantitative estimate of drug-likeness (QED) is 0.928. The second kappa shape index (κ2) is 5.81. The van der Waals surface area contributed by atoms with Crippen molar-refractivity contribution in [1.82, 2.24) is 20.3 Å². The lowest BCUT2D eigenvalue weighted by Gasteiger charge is -2.14. The van der Waals surface area contributed by atoms with Crippen molar-refractivity contribution < 1.29 is 9.18 Å². The molecule has 0 bridgehead atoms. The zero-order chi connectivity index (χ0) is 14.7. The van der Waals surface area contributed by atoms with Gasteiger partial charge in [-0.25, -0.2) is 9.07 Å². The molecular weight excluding hydrogens is 259 g/mol. The molecule has 5 nitrogen and oxygen atoms in total. The van der Waals surface area contributed by atoms with Gasteiger partial charge >= 0.3 is 0 Å². The van der Waals surface area contributed by atoms with Gasteiger partial charge in [-0.3, -0.25) is 4.79 Å². The molecule has 0 radical (unpaired) electrons. The first kappa shape index (κ1) is 14.2. The largest absolute Gasteiger partial charge is 0.351 e. The van der Waals surface area contributed by atoms with Crippen LogP contribution < -0.4 is 5.32 Å². The van der Waals surface area contributed by atoms with Gasteiger partial charge in [-0.2, -0.15) is 0 Å². The maximum absolute atomic E-state index is 13.1. The molecule has 1 aromatic heterocycles. The summed E-state index contributed by atoms with van der Waals surface area (Å²) in [6.07, 6.45) is 1.78. The Morgan fingerprint density at radius 2 is 2.25 bits per heavy atom. The summed E-state index contributed by atoms with van der Waals surface area (Å²) in [4.78, 5) is 10.9. The number of aryl methyl sites for hydroxylation is 1. The number of carbonyl (C=O) groups excluding carboxylic acids is 1. The Hall–Kier alpha value is -2.24. The number of amides is 1. The van der Waals surface area contributed by atoms with Crippen LogP contribution in [0.5, 0.6) is 0 Å². The normalized spacial score (nSPS) is 12.2. The van der Waals surface area contributed by atoms with E-state index in [1.165, 1.54) is 19.1 Å². The molecule has 6 heteroatoms. The minimum atomic E-state index is -0.247. The minimum absolute atomic E-state index is 0.0471. The molecule has 1 aromatic carbocycles. The molecule has 20 heavy (non-hydrogen) atoms. The average molecular weight is 276 g/mol. The number of rotatable bonds is 4. The Morgan fingerprint density at radius 1 is 1.50 bits per heavy atom. The summed E-state index contributed by atoms with van der Waals surface area (Å²) in [6.45, 7) is 5.64. The van der Waals surface area contributed by atoms with Crippen LogP contribution in [0.1, 0.15) is 36.7 Å². The summed E-state index contributed by atoms with van der Waals surface area (Å²) >= 11 is 0. The van der Waals surface area contributed by atoms with Gasteiger partial charge in [-0.05, 0) is 37.1 Å². The highest BCUT2D eigenvalue weighted by atomic mass is 19.1. The fourth-order valence-electron chi connectivity index (χ4n) is 2.05. The van der Waals surface area contributed by atoms with E-state index in [1.54, 1.807) is 16.9 Å². The number of halogens is 1. The topological polar surface area (TPSA) is 59.8 Å². The van der Waals surface area contributed by atoms with Gasteiger partial charge in [0.25, 0.3) is 0 Å². The van der Waals surface area contributed by atoms with Crippen LogP contribution in [0.15, 0.2) is 24.4 Å². The van der Waals surface area contributed by atoms with E-state index in [-0.39, 0.29) is 17.8 Å². The van der Waals surface area contributed by atoms with Crippen molar-refractivity contribution in [1.29, 1.82) is 0 Å². The van der Waals surface area contributed by atoms with Crippen LogP contribution >= 0.6 is 0 Å². The third-order valence-electron chi connectivity index (χ3n) is 3.15. The number of hydrogen-bond acceptors (Lipinski definition) is 3. The highest BCUT2D eigenvalue weighted by Crippen LogP contribution is 2.21. The van der Waals surface area contributed by atoms with Gasteiger partial charge in [0, 0.05) is 6.92 Å². The van der Waals surface area contributed by atoms with Crippen LogP contribution in [0, 0.1) is 12.7 Å². The molecule has 0 aliphatic heterocycles. The van der Waals surface area contributed by atoms with Crippen molar-refractivity contribution in [2.45, 2.75) is 33.4 Å². The van der Waals surface area contributed by atoms with Gasteiger partial charge in [0.1, 0.15) is 11.5 Å². The van der Waals surface area contributed by atoms with E-state index in [4.69, 9.17) is 0 Å². The van der Waals surface area contributed by atoms with Crippen molar-refractivity contribution in [3.63, 3.8) is 0 Å². The summed E-state index contributed by atoms with van der Waals surface area (Å²) < 4.78 is 14.8. The van der Waals surface area contributed by atoms with Crippen LogP contribution in [0.2, 0.25) is 0 Å². The molecule has 1 atom stereocenters. The second-order valence-corrected chi connectivity index (χ2v) is 4.78. The highest BCUT2D eigenvalue weighted by molar-refractivity contribution is 5.72. The molecule has 0 aliphatic rings. The number of nitrogens with zero attached hydrogens (tertiary/aromatic N) is 3. The van der Waals surface area contributed by atoms with Crippen molar-refractivity contribution >= 4 is 5.91 Å². The summed E-state index contributed by atoms with van der Waals surface area (Å²) in [7, 11) is 0. The first-order valence-electron chi connectivity index (χ1n) is 6.38. The zero-order valence-corrected chi connectivity index (χ0v) is 11.7. The molecule has 1 heterocycles. The Kier molecular flexibility index (Phi) is 4.12. The molecule has 0 saturated heterocycles. The van der Waals surface area contributed by atoms with Crippen molar-refractivity contribution in [2.24, 2.45) is 0 Å². The number of nitrogens with one attached hydrogen (secondary N) is 1. The van der Waals surface area contributed by atoms with Gasteiger partial charge in [0.2, 0.25) is 5.91 Å². The third kappa shape index (κ3) is 3.20. The van der Waals surface area contributed by atoms with Crippen LogP contribution in [0.25, 0.3) is 0 Å². The lowest BCUT2D eigenvalue weighted by molar-refractivity contribution is -0.119. The maximum Gasteiger partial charge on any atom is 0.217 e. The van der Waals surface area contributed by atoms with Crippen LogP contribution in [0.4, 0.5) is 4.39 Å². The maximum atomic E-state index is 13.1. The molecule has 0 aliphatic carbocycles. The Labute approximate surface area is 116 Å². The lowest BCUT2D eigenvalue weighted by Crippen LogP contribution is -2.19. The van der Waals surface area contributed by atoms with E-state index >= 15 is 0 Å². The predicted octanol–water partition coefficient (Wildman–Crippen LogP) is 1.97. The lowest BCUT2D eigenvalue weighted by atomic mass is 10.0. The van der Waals surface area contributed by atoms with Gasteiger partial charge in [0.05, 0.1) is 18.8 Å². The first-order valence-corrected chi connectivity index (χ1v) is 6.38. The molecule has 2 rings (SSSR count). The second-order valence-electron chi connectivity index (χ2n) is 4.78. The molecule has 0 unspecified atom stereocenters. The van der Waals surface area contributed by atoms with Crippen LogP contribution in [-0.4, -0.2) is 20.9 Å². The molecule has 0 spiro atoms. The fraction of sp³-hybridized carbons (Fsp3) is 0.357. The van der Waals surface area contributed by atoms with Crippen molar-refractivity contribution in [2.75, 3.05) is 0 Å². The van der Waals surface area contributed by atoms with E-state index in [1.807, 2.05) is 13.8 Å². The molecule has 106 valence electrons. The molecule has 2 aromatic rings. The molecule has 1 N–H and O–H groups in total. The summed E-state index contributed by atoms with van der Waals surface area (Å²) in [6, 6.07) is 4.65. The van der Waals surface area contributed by atoms with E-state index in [9.17, 15) is 9.18 Å². The summed E-state index contributed by atoms with van der Waals surface area (Å²) in [5.41, 5.74) is 2.55. The van der Waals surface area contributed by atoms with Crippen molar-refractivity contribution in [3.8, 4) is 0 Å². The van der Waals surface area contributed by atoms with Gasteiger partial charge in [-0.1, -0.05) is 11.3 Å². The molecule has 0 saturated carbocycles. The zero-order valence-electron chi connectivity index (χ0n) is 11.7. The summed E-state index contributed by atoms with van der Waals surface area (Å²) in [5, 5.41) is 10.7. The minimum Gasteiger partial charge on any atom is -0.351 e. The number of carbonyl (C=O) groups is 1. The monoisotopic (exact) mass is 276 g/mol. The van der Waals surface area contributed by atoms with E-state index in [2.05, 4.69) is 15.6 Å². The SMILES string of the molecule is CC(=O)NCc1cn([C@@H](C)c2ccc(F)cc2C)nn1. The van der Waals surface area contributed by atoms with E-state index in [0.717, 1.165) is 11.1 Å². The fourth-order valence-corrected chi connectivity index (χ4v) is 2.05. The number of benzene rings is 1. The average Bonchev–Trinajstić information content (AvgIpc) is 2.84. The number of aromatic nitrogens is 3. The third-order valence-corrected chi connectivity index (χ3v) is 3.15. The van der Waals surface area contributed by atoms with E-state index < -0.39 is 0 Å².